The Morgan fingerprint density at radius 2 is 2.10 bits per heavy atom. The maximum absolute atomic E-state index is 9.05. The van der Waals surface area contributed by atoms with Gasteiger partial charge in [-0.15, -0.1) is 5.10 Å². The van der Waals surface area contributed by atoms with Crippen LogP contribution in [0.3, 0.4) is 0 Å². The largest absolute Gasteiger partial charge is 0.409 e. The summed E-state index contributed by atoms with van der Waals surface area (Å²) >= 11 is 0. The second kappa shape index (κ2) is 5.48. The highest BCUT2D eigenvalue weighted by Gasteiger charge is 2.34. The van der Waals surface area contributed by atoms with Crippen LogP contribution in [0, 0.1) is 13.8 Å². The van der Waals surface area contributed by atoms with Gasteiger partial charge in [-0.25, -0.2) is 0 Å². The summed E-state index contributed by atoms with van der Waals surface area (Å²) in [6.45, 7) is 11.2. The molecule has 0 spiro atoms. The van der Waals surface area contributed by atoms with Gasteiger partial charge in [-0.3, -0.25) is 0 Å². The third-order valence-corrected chi connectivity index (χ3v) is 3.67. The number of hydrogen-bond donors (Lipinski definition) is 2. The summed E-state index contributed by atoms with van der Waals surface area (Å²) in [6.07, 6.45) is 0.0669. The molecule has 1 saturated heterocycles. The van der Waals surface area contributed by atoms with Crippen LogP contribution in [0.5, 0.6) is 0 Å². The predicted octanol–water partition coefficient (Wildman–Crippen LogP) is 1.19. The second-order valence-corrected chi connectivity index (χ2v) is 6.16. The molecule has 0 aliphatic carbocycles. The van der Waals surface area contributed by atoms with Crippen LogP contribution in [0.2, 0.25) is 0 Å². The minimum Gasteiger partial charge on any atom is -0.409 e. The molecule has 0 radical (unpaired) electrons. The van der Waals surface area contributed by atoms with E-state index in [0.717, 1.165) is 11.3 Å². The van der Waals surface area contributed by atoms with Crippen molar-refractivity contribution in [3.05, 3.63) is 16.8 Å². The zero-order valence-electron chi connectivity index (χ0n) is 13.2. The molecule has 1 aliphatic heterocycles. The lowest BCUT2D eigenvalue weighted by Crippen LogP contribution is -2.52. The van der Waals surface area contributed by atoms with Gasteiger partial charge < -0.3 is 20.6 Å². The first-order valence-electron chi connectivity index (χ1n) is 6.99. The number of ether oxygens (including phenoxy) is 1. The second-order valence-electron chi connectivity index (χ2n) is 6.16. The summed E-state index contributed by atoms with van der Waals surface area (Å²) in [6, 6.07) is 0. The molecule has 7 nitrogen and oxygen atoms in total. The van der Waals surface area contributed by atoms with Gasteiger partial charge in [0.15, 0.2) is 11.7 Å². The van der Waals surface area contributed by atoms with Crippen molar-refractivity contribution in [1.29, 1.82) is 0 Å². The smallest absolute Gasteiger partial charge is 0.174 e. The fourth-order valence-corrected chi connectivity index (χ4v) is 2.79. The molecule has 2 heterocycles. The van der Waals surface area contributed by atoms with Gasteiger partial charge in [0.05, 0.1) is 23.0 Å². The van der Waals surface area contributed by atoms with E-state index < -0.39 is 0 Å². The van der Waals surface area contributed by atoms with Gasteiger partial charge in [-0.1, -0.05) is 5.16 Å². The first-order chi connectivity index (χ1) is 9.75. The molecular formula is C14H23N5O2. The van der Waals surface area contributed by atoms with Crippen LogP contribution in [-0.4, -0.2) is 46.0 Å². The summed E-state index contributed by atoms with van der Waals surface area (Å²) in [5.74, 6) is 0.689. The van der Waals surface area contributed by atoms with Gasteiger partial charge in [0.1, 0.15) is 0 Å². The molecular weight excluding hydrogens is 270 g/mol. The predicted molar refractivity (Wildman–Crippen MR) is 80.9 cm³/mol. The van der Waals surface area contributed by atoms with Crippen LogP contribution in [0.4, 0.5) is 5.82 Å². The van der Waals surface area contributed by atoms with E-state index in [1.165, 1.54) is 0 Å². The lowest BCUT2D eigenvalue weighted by Gasteiger charge is -2.42. The van der Waals surface area contributed by atoms with Crippen LogP contribution >= 0.6 is 0 Å². The van der Waals surface area contributed by atoms with Crippen LogP contribution in [0.25, 0.3) is 0 Å². The highest BCUT2D eigenvalue weighted by atomic mass is 16.5. The Balaban J connectivity index is 2.51. The minimum absolute atomic E-state index is 0.0532. The number of nitrogens with zero attached hydrogens (tertiary/aromatic N) is 4. The average Bonchev–Trinajstić information content (AvgIpc) is 2.38. The first kappa shape index (κ1) is 15.5. The number of morpholine rings is 1. The fourth-order valence-electron chi connectivity index (χ4n) is 2.79. The topological polar surface area (TPSA) is 96.9 Å². The molecule has 2 rings (SSSR count). The summed E-state index contributed by atoms with van der Waals surface area (Å²) < 4.78 is 5.91. The van der Waals surface area contributed by atoms with Crippen molar-refractivity contribution in [2.45, 2.75) is 46.3 Å². The van der Waals surface area contributed by atoms with E-state index in [4.69, 9.17) is 15.7 Å². The molecule has 1 unspecified atom stereocenters. The van der Waals surface area contributed by atoms with Crippen LogP contribution in [-0.2, 0) is 4.74 Å². The van der Waals surface area contributed by atoms with Gasteiger partial charge in [0.2, 0.25) is 0 Å². The zero-order chi connectivity index (χ0) is 15.8. The van der Waals surface area contributed by atoms with Crippen molar-refractivity contribution < 1.29 is 9.94 Å². The molecule has 1 aromatic heterocycles. The fraction of sp³-hybridized carbons (Fsp3) is 0.643. The molecule has 1 aromatic rings. The number of oxime groups is 1. The lowest BCUT2D eigenvalue weighted by molar-refractivity contribution is -0.0752. The van der Waals surface area contributed by atoms with Crippen molar-refractivity contribution in [2.75, 3.05) is 18.0 Å². The Morgan fingerprint density at radius 1 is 1.43 bits per heavy atom. The molecule has 0 amide bonds. The van der Waals surface area contributed by atoms with Gasteiger partial charge in [-0.05, 0) is 40.2 Å². The van der Waals surface area contributed by atoms with Crippen molar-refractivity contribution in [2.24, 2.45) is 10.9 Å². The molecule has 21 heavy (non-hydrogen) atoms. The molecule has 116 valence electrons. The van der Waals surface area contributed by atoms with Crippen LogP contribution < -0.4 is 10.6 Å². The van der Waals surface area contributed by atoms with Gasteiger partial charge >= 0.3 is 0 Å². The molecule has 0 saturated carbocycles. The zero-order valence-corrected chi connectivity index (χ0v) is 13.2. The van der Waals surface area contributed by atoms with Crippen molar-refractivity contribution in [3.8, 4) is 0 Å². The van der Waals surface area contributed by atoms with Crippen molar-refractivity contribution in [3.63, 3.8) is 0 Å². The highest BCUT2D eigenvalue weighted by Crippen LogP contribution is 2.28. The summed E-state index contributed by atoms with van der Waals surface area (Å²) in [4.78, 5) is 2.08. The van der Waals surface area contributed by atoms with E-state index in [9.17, 15) is 0 Å². The lowest BCUT2D eigenvalue weighted by atomic mass is 10.0. The summed E-state index contributed by atoms with van der Waals surface area (Å²) in [5, 5.41) is 20.7. The van der Waals surface area contributed by atoms with E-state index in [0.29, 0.717) is 24.5 Å². The van der Waals surface area contributed by atoms with E-state index >= 15 is 0 Å². The summed E-state index contributed by atoms with van der Waals surface area (Å²) in [5.41, 5.74) is 7.82. The van der Waals surface area contributed by atoms with Crippen molar-refractivity contribution in [1.82, 2.24) is 10.2 Å². The number of rotatable bonds is 2. The SMILES string of the molecule is Cc1nnc(N2CC(C)OC(C)(C)C2)c(C(N)=NO)c1C. The molecule has 1 atom stereocenters. The highest BCUT2D eigenvalue weighted by molar-refractivity contribution is 6.02. The minimum atomic E-state index is -0.291. The van der Waals surface area contributed by atoms with E-state index in [1.807, 2.05) is 34.6 Å². The number of amidine groups is 1. The number of hydrogen-bond acceptors (Lipinski definition) is 6. The van der Waals surface area contributed by atoms with Gasteiger partial charge in [-0.2, -0.15) is 5.10 Å². The number of aryl methyl sites for hydroxylation is 1. The standard InChI is InChI=1S/C14H23N5O2/c1-8-6-19(7-14(4,5)21-8)13-11(12(15)18-20)9(2)10(3)16-17-13/h8,20H,6-7H2,1-5H3,(H2,15,18). The first-order valence-corrected chi connectivity index (χ1v) is 6.99. The third kappa shape index (κ3) is 3.07. The molecule has 7 heteroatoms. The van der Waals surface area contributed by atoms with Gasteiger partial charge in [0.25, 0.3) is 0 Å². The maximum atomic E-state index is 9.05. The Morgan fingerprint density at radius 3 is 2.67 bits per heavy atom. The Bertz CT molecular complexity index is 571. The Kier molecular flexibility index (Phi) is 4.04. The number of nitrogens with two attached hydrogens (primary N) is 1. The van der Waals surface area contributed by atoms with Gasteiger partial charge in [0, 0.05) is 13.1 Å². The third-order valence-electron chi connectivity index (χ3n) is 3.67. The quantitative estimate of drug-likeness (QED) is 0.368. The normalized spacial score (nSPS) is 22.4. The molecule has 3 N–H and O–H groups in total. The maximum Gasteiger partial charge on any atom is 0.174 e. The van der Waals surface area contributed by atoms with Crippen LogP contribution in [0.1, 0.15) is 37.6 Å². The summed E-state index contributed by atoms with van der Waals surface area (Å²) in [7, 11) is 0. The molecule has 1 aliphatic rings. The molecule has 1 fully saturated rings. The van der Waals surface area contributed by atoms with Crippen molar-refractivity contribution >= 4 is 11.7 Å². The average molecular weight is 293 g/mol. The Labute approximate surface area is 124 Å². The van der Waals surface area contributed by atoms with Crippen LogP contribution in [0.15, 0.2) is 5.16 Å². The van der Waals surface area contributed by atoms with E-state index in [-0.39, 0.29) is 17.5 Å². The molecule has 0 bridgehead atoms. The Hall–Kier alpha value is -1.89. The number of anilines is 1. The molecule has 0 aromatic carbocycles. The van der Waals surface area contributed by atoms with E-state index in [1.54, 1.807) is 0 Å². The monoisotopic (exact) mass is 293 g/mol. The number of aromatic nitrogens is 2. The van der Waals surface area contributed by atoms with E-state index in [2.05, 4.69) is 20.3 Å².